The van der Waals surface area contributed by atoms with Crippen LogP contribution in [0.2, 0.25) is 0 Å². The molecule has 3 heteroatoms. The van der Waals surface area contributed by atoms with E-state index in [1.807, 2.05) is 59.6 Å². The number of carboxylic acid groups (broad SMARTS) is 1. The molecule has 1 heterocycles. The first-order valence-electron chi connectivity index (χ1n) is 5.75. The Hall–Kier alpha value is -2.68. The summed E-state index contributed by atoms with van der Waals surface area (Å²) in [4.78, 5) is 9.14. The van der Waals surface area contributed by atoms with Crippen LogP contribution in [0.5, 0.6) is 0 Å². The molecule has 0 aliphatic carbocycles. The Bertz CT molecular complexity index is 492. The first kappa shape index (κ1) is 14.4. The summed E-state index contributed by atoms with van der Waals surface area (Å²) in [6.45, 7) is 2.90. The fourth-order valence-corrected chi connectivity index (χ4v) is 1.25. The number of pyridine rings is 1. The van der Waals surface area contributed by atoms with Gasteiger partial charge in [0.05, 0.1) is 5.97 Å². The molecular formula is C16H15NO2. The van der Waals surface area contributed by atoms with Gasteiger partial charge in [-0.3, -0.25) is 0 Å². The zero-order valence-electron chi connectivity index (χ0n) is 10.5. The number of carbonyl (C=O) groups is 1. The van der Waals surface area contributed by atoms with Crippen LogP contribution in [0, 0.1) is 0 Å². The molecule has 0 radical (unpaired) electrons. The lowest BCUT2D eigenvalue weighted by molar-refractivity contribution is -0.567. The van der Waals surface area contributed by atoms with E-state index in [1.54, 1.807) is 0 Å². The SMILES string of the molecule is C(=C[n+]1ccccc1)c1ccccc1.C=CC(=O)[O-]. The van der Waals surface area contributed by atoms with Gasteiger partial charge in [0.15, 0.2) is 18.6 Å². The van der Waals surface area contributed by atoms with Crippen molar-refractivity contribution in [1.82, 2.24) is 0 Å². The molecule has 0 amide bonds. The molecule has 1 aromatic carbocycles. The predicted octanol–water partition coefficient (Wildman–Crippen LogP) is 1.52. The van der Waals surface area contributed by atoms with E-state index in [0.29, 0.717) is 0 Å². The standard InChI is InChI=1S/C13H12N.C3H4O2/c1-3-7-13(8-4-1)9-12-14-10-5-2-6-11-14;1-2-3(4)5/h1-12H;2H,1H2,(H,4,5)/q+1;/p-1. The number of hydrogen-bond acceptors (Lipinski definition) is 2. The van der Waals surface area contributed by atoms with Crippen LogP contribution in [0.1, 0.15) is 5.56 Å². The summed E-state index contributed by atoms with van der Waals surface area (Å²) in [5.41, 5.74) is 1.21. The van der Waals surface area contributed by atoms with Gasteiger partial charge in [0.2, 0.25) is 0 Å². The lowest BCUT2D eigenvalue weighted by atomic mass is 10.2. The van der Waals surface area contributed by atoms with Gasteiger partial charge < -0.3 is 9.90 Å². The number of rotatable bonds is 3. The summed E-state index contributed by atoms with van der Waals surface area (Å²) >= 11 is 0. The zero-order valence-corrected chi connectivity index (χ0v) is 10.5. The van der Waals surface area contributed by atoms with Crippen molar-refractivity contribution in [2.45, 2.75) is 0 Å². The van der Waals surface area contributed by atoms with E-state index in [4.69, 9.17) is 9.90 Å². The second-order valence-corrected chi connectivity index (χ2v) is 3.57. The first-order chi connectivity index (χ1) is 9.22. The van der Waals surface area contributed by atoms with Crippen LogP contribution in [-0.4, -0.2) is 5.97 Å². The monoisotopic (exact) mass is 253 g/mol. The molecular weight excluding hydrogens is 238 g/mol. The Labute approximate surface area is 112 Å². The van der Waals surface area contributed by atoms with E-state index in [1.165, 1.54) is 5.56 Å². The molecule has 0 aliphatic rings. The van der Waals surface area contributed by atoms with Gasteiger partial charge in [0, 0.05) is 18.2 Å². The first-order valence-corrected chi connectivity index (χ1v) is 5.75. The molecule has 0 saturated carbocycles. The molecule has 0 N–H and O–H groups in total. The van der Waals surface area contributed by atoms with Gasteiger partial charge in [-0.2, -0.15) is 4.57 Å². The maximum absolute atomic E-state index is 9.14. The van der Waals surface area contributed by atoms with Gasteiger partial charge in [-0.1, -0.05) is 43.0 Å². The number of carboxylic acids is 1. The molecule has 0 atom stereocenters. The highest BCUT2D eigenvalue weighted by Gasteiger charge is 1.89. The molecule has 0 spiro atoms. The van der Waals surface area contributed by atoms with Gasteiger partial charge >= 0.3 is 0 Å². The maximum atomic E-state index is 9.14. The van der Waals surface area contributed by atoms with Gasteiger partial charge in [-0.05, 0) is 11.6 Å². The van der Waals surface area contributed by atoms with Crippen molar-refractivity contribution in [3.8, 4) is 0 Å². The molecule has 0 unspecified atom stereocenters. The van der Waals surface area contributed by atoms with Crippen LogP contribution < -0.4 is 9.67 Å². The molecule has 0 fully saturated rings. The summed E-state index contributed by atoms with van der Waals surface area (Å²) in [7, 11) is 0. The van der Waals surface area contributed by atoms with Gasteiger partial charge in [0.1, 0.15) is 0 Å². The van der Waals surface area contributed by atoms with E-state index in [2.05, 4.69) is 24.8 Å². The Kier molecular flexibility index (Phi) is 6.37. The van der Waals surface area contributed by atoms with E-state index >= 15 is 0 Å². The summed E-state index contributed by atoms with van der Waals surface area (Å²) in [5.74, 6) is -1.23. The van der Waals surface area contributed by atoms with Crippen molar-refractivity contribution < 1.29 is 14.5 Å². The number of aromatic nitrogens is 1. The predicted molar refractivity (Wildman–Crippen MR) is 73.5 cm³/mol. The average Bonchev–Trinajstić information content (AvgIpc) is 2.48. The summed E-state index contributed by atoms with van der Waals surface area (Å²) in [5, 5.41) is 9.14. The van der Waals surface area contributed by atoms with Crippen LogP contribution in [0.4, 0.5) is 0 Å². The molecule has 0 bridgehead atoms. The smallest absolute Gasteiger partial charge is 0.175 e. The van der Waals surface area contributed by atoms with Crippen LogP contribution in [-0.2, 0) is 4.79 Å². The second kappa shape index (κ2) is 8.42. The van der Waals surface area contributed by atoms with Gasteiger partial charge in [-0.25, -0.2) is 0 Å². The number of aliphatic carboxylic acids is 1. The van der Waals surface area contributed by atoms with Crippen molar-refractivity contribution in [2.75, 3.05) is 0 Å². The third-order valence-electron chi connectivity index (χ3n) is 2.14. The summed E-state index contributed by atoms with van der Waals surface area (Å²) in [6, 6.07) is 16.3. The molecule has 3 nitrogen and oxygen atoms in total. The molecule has 0 saturated heterocycles. The molecule has 0 aliphatic heterocycles. The van der Waals surface area contributed by atoms with Gasteiger partial charge in [0.25, 0.3) is 0 Å². The summed E-state index contributed by atoms with van der Waals surface area (Å²) in [6.07, 6.45) is 8.87. The van der Waals surface area contributed by atoms with Crippen LogP contribution >= 0.6 is 0 Å². The normalized spacial score (nSPS) is 9.47. The zero-order chi connectivity index (χ0) is 13.9. The van der Waals surface area contributed by atoms with E-state index in [0.717, 1.165) is 6.08 Å². The number of nitrogens with zero attached hydrogens (tertiary/aromatic N) is 1. The van der Waals surface area contributed by atoms with Crippen molar-refractivity contribution in [3.05, 3.63) is 79.1 Å². The van der Waals surface area contributed by atoms with E-state index in [-0.39, 0.29) is 0 Å². The third-order valence-corrected chi connectivity index (χ3v) is 2.14. The fraction of sp³-hybridized carbons (Fsp3) is 0. The number of hydrogen-bond donors (Lipinski definition) is 0. The van der Waals surface area contributed by atoms with E-state index in [9.17, 15) is 0 Å². The molecule has 19 heavy (non-hydrogen) atoms. The third kappa shape index (κ3) is 6.58. The van der Waals surface area contributed by atoms with Crippen LogP contribution in [0.3, 0.4) is 0 Å². The highest BCUT2D eigenvalue weighted by molar-refractivity contribution is 5.76. The maximum Gasteiger partial charge on any atom is 0.175 e. The van der Waals surface area contributed by atoms with Crippen LogP contribution in [0.15, 0.2) is 73.6 Å². The minimum absolute atomic E-state index is 0.722. The number of benzene rings is 1. The molecule has 2 rings (SSSR count). The largest absolute Gasteiger partial charge is 0.545 e. The minimum atomic E-state index is -1.23. The number of carbonyl (C=O) groups excluding carboxylic acids is 1. The second-order valence-electron chi connectivity index (χ2n) is 3.57. The Morgan fingerprint density at radius 1 is 1.05 bits per heavy atom. The van der Waals surface area contributed by atoms with Crippen molar-refractivity contribution >= 4 is 18.2 Å². The lowest BCUT2D eigenvalue weighted by Gasteiger charge is -1.88. The molecule has 2 aromatic rings. The van der Waals surface area contributed by atoms with Crippen molar-refractivity contribution in [3.63, 3.8) is 0 Å². The van der Waals surface area contributed by atoms with Crippen molar-refractivity contribution in [1.29, 1.82) is 0 Å². The molecule has 96 valence electrons. The Balaban J connectivity index is 0.000000312. The highest BCUT2D eigenvalue weighted by atomic mass is 16.4. The Morgan fingerprint density at radius 2 is 1.58 bits per heavy atom. The topological polar surface area (TPSA) is 44.0 Å². The fourth-order valence-electron chi connectivity index (χ4n) is 1.25. The quantitative estimate of drug-likeness (QED) is 0.615. The minimum Gasteiger partial charge on any atom is -0.545 e. The van der Waals surface area contributed by atoms with Crippen LogP contribution in [0.25, 0.3) is 12.3 Å². The lowest BCUT2D eigenvalue weighted by Crippen LogP contribution is -2.23. The Morgan fingerprint density at radius 3 is 2.11 bits per heavy atom. The van der Waals surface area contributed by atoms with Gasteiger partial charge in [-0.15, -0.1) is 0 Å². The summed E-state index contributed by atoms with van der Waals surface area (Å²) < 4.78 is 2.02. The highest BCUT2D eigenvalue weighted by Crippen LogP contribution is 1.99. The molecule has 1 aromatic heterocycles. The average molecular weight is 253 g/mol. The van der Waals surface area contributed by atoms with Crippen molar-refractivity contribution in [2.24, 2.45) is 0 Å². The van der Waals surface area contributed by atoms with E-state index < -0.39 is 5.97 Å².